The van der Waals surface area contributed by atoms with Crippen molar-refractivity contribution in [2.45, 2.75) is 58.5 Å². The lowest BCUT2D eigenvalue weighted by Gasteiger charge is -2.15. The fraction of sp³-hybridized carbons (Fsp3) is 0.550. The Morgan fingerprint density at radius 2 is 2.08 bits per heavy atom. The van der Waals surface area contributed by atoms with Crippen molar-refractivity contribution in [3.05, 3.63) is 35.7 Å². The van der Waals surface area contributed by atoms with Crippen LogP contribution in [0.5, 0.6) is 0 Å². The molecule has 0 bridgehead atoms. The van der Waals surface area contributed by atoms with Crippen molar-refractivity contribution in [2.24, 2.45) is 5.92 Å². The number of aromatic nitrogens is 3. The van der Waals surface area contributed by atoms with Crippen molar-refractivity contribution >= 4 is 17.7 Å². The molecule has 0 aliphatic rings. The highest BCUT2D eigenvalue weighted by Crippen LogP contribution is 2.21. The molecular formula is C20H30N4OS. The molecule has 1 amide bonds. The van der Waals surface area contributed by atoms with Crippen molar-refractivity contribution in [3.8, 4) is 5.69 Å². The Kier molecular flexibility index (Phi) is 8.16. The lowest BCUT2D eigenvalue weighted by atomic mass is 9.99. The minimum atomic E-state index is 0.0552. The third-order valence-electron chi connectivity index (χ3n) is 4.75. The third-order valence-corrected chi connectivity index (χ3v) is 5.69. The van der Waals surface area contributed by atoms with Crippen LogP contribution in [0.2, 0.25) is 0 Å². The molecule has 0 saturated carbocycles. The molecule has 1 atom stereocenters. The van der Waals surface area contributed by atoms with Crippen LogP contribution in [0.15, 0.2) is 29.7 Å². The number of nitrogens with one attached hydrogen (secondary N) is 1. The van der Waals surface area contributed by atoms with Crippen LogP contribution in [0.4, 0.5) is 0 Å². The van der Waals surface area contributed by atoms with Gasteiger partial charge >= 0.3 is 0 Å². The fourth-order valence-corrected chi connectivity index (χ4v) is 3.52. The number of carbonyl (C=O) groups is 1. The van der Waals surface area contributed by atoms with Gasteiger partial charge in [0, 0.05) is 12.2 Å². The highest BCUT2D eigenvalue weighted by molar-refractivity contribution is 7.99. The Balaban J connectivity index is 1.89. The average Bonchev–Trinajstić information content (AvgIpc) is 3.11. The van der Waals surface area contributed by atoms with E-state index in [9.17, 15) is 4.79 Å². The Hall–Kier alpha value is -1.82. The lowest BCUT2D eigenvalue weighted by molar-refractivity contribution is -0.118. The largest absolute Gasteiger partial charge is 0.355 e. The zero-order valence-corrected chi connectivity index (χ0v) is 17.1. The van der Waals surface area contributed by atoms with Crippen LogP contribution < -0.4 is 5.32 Å². The van der Waals surface area contributed by atoms with Crippen LogP contribution in [0.1, 0.15) is 50.7 Å². The molecule has 0 aliphatic heterocycles. The smallest absolute Gasteiger partial charge is 0.230 e. The molecule has 1 aromatic heterocycles. The van der Waals surface area contributed by atoms with Gasteiger partial charge in [-0.15, -0.1) is 10.2 Å². The van der Waals surface area contributed by atoms with E-state index in [2.05, 4.69) is 61.4 Å². The first-order chi connectivity index (χ1) is 12.5. The average molecular weight is 375 g/mol. The molecule has 2 rings (SSSR count). The lowest BCUT2D eigenvalue weighted by Crippen LogP contribution is -2.30. The van der Waals surface area contributed by atoms with Gasteiger partial charge in [-0.2, -0.15) is 0 Å². The molecule has 0 aliphatic carbocycles. The van der Waals surface area contributed by atoms with Gasteiger partial charge in [0.25, 0.3) is 0 Å². The molecular weight excluding hydrogens is 344 g/mol. The molecule has 2 aromatic rings. The Morgan fingerprint density at radius 1 is 1.27 bits per heavy atom. The first-order valence-corrected chi connectivity index (χ1v) is 10.4. The topological polar surface area (TPSA) is 59.8 Å². The van der Waals surface area contributed by atoms with E-state index in [-0.39, 0.29) is 5.91 Å². The van der Waals surface area contributed by atoms with E-state index in [1.807, 2.05) is 4.57 Å². The molecule has 142 valence electrons. The summed E-state index contributed by atoms with van der Waals surface area (Å²) in [5.41, 5.74) is 3.50. The van der Waals surface area contributed by atoms with Gasteiger partial charge in [0.15, 0.2) is 5.16 Å². The normalized spacial score (nSPS) is 12.2. The second-order valence-corrected chi connectivity index (χ2v) is 7.70. The molecule has 26 heavy (non-hydrogen) atoms. The van der Waals surface area contributed by atoms with Gasteiger partial charge in [-0.05, 0) is 49.4 Å². The number of hydrogen-bond acceptors (Lipinski definition) is 4. The molecule has 0 fully saturated rings. The second-order valence-electron chi connectivity index (χ2n) is 6.76. The number of hydrogen-bond donors (Lipinski definition) is 1. The summed E-state index contributed by atoms with van der Waals surface area (Å²) in [5.74, 6) is 0.982. The van der Waals surface area contributed by atoms with Gasteiger partial charge < -0.3 is 5.32 Å². The predicted octanol–water partition coefficient (Wildman–Crippen LogP) is 4.31. The van der Waals surface area contributed by atoms with Gasteiger partial charge in [0.1, 0.15) is 6.33 Å². The van der Waals surface area contributed by atoms with Crippen molar-refractivity contribution in [1.29, 1.82) is 0 Å². The third kappa shape index (κ3) is 5.87. The van der Waals surface area contributed by atoms with Crippen LogP contribution >= 0.6 is 11.8 Å². The quantitative estimate of drug-likeness (QED) is 0.630. The summed E-state index contributed by atoms with van der Waals surface area (Å²) in [6.07, 6.45) is 6.41. The van der Waals surface area contributed by atoms with Gasteiger partial charge in [0.05, 0.1) is 5.75 Å². The minimum Gasteiger partial charge on any atom is -0.355 e. The molecule has 0 radical (unpaired) electrons. The maximum Gasteiger partial charge on any atom is 0.230 e. The number of aryl methyl sites for hydroxylation is 2. The predicted molar refractivity (Wildman–Crippen MR) is 108 cm³/mol. The second kappa shape index (κ2) is 10.4. The first kappa shape index (κ1) is 20.5. The monoisotopic (exact) mass is 374 g/mol. The Morgan fingerprint density at radius 3 is 2.77 bits per heavy atom. The number of benzene rings is 1. The first-order valence-electron chi connectivity index (χ1n) is 9.42. The zero-order chi connectivity index (χ0) is 18.9. The summed E-state index contributed by atoms with van der Waals surface area (Å²) in [6.45, 7) is 9.34. The maximum atomic E-state index is 12.2. The maximum absolute atomic E-state index is 12.2. The van der Waals surface area contributed by atoms with E-state index in [1.54, 1.807) is 6.33 Å². The molecule has 6 heteroatoms. The summed E-state index contributed by atoms with van der Waals surface area (Å²) in [7, 11) is 0. The van der Waals surface area contributed by atoms with Crippen molar-refractivity contribution in [2.75, 3.05) is 12.3 Å². The van der Waals surface area contributed by atoms with Crippen LogP contribution in [0.3, 0.4) is 0 Å². The SMILES string of the molecule is CCCCC(CC)CNC(=O)CSc1nncn1-c1ccc(C)c(C)c1. The van der Waals surface area contributed by atoms with Gasteiger partial charge in [-0.3, -0.25) is 9.36 Å². The fourth-order valence-electron chi connectivity index (χ4n) is 2.76. The van der Waals surface area contributed by atoms with Crippen LogP contribution in [-0.2, 0) is 4.79 Å². The van der Waals surface area contributed by atoms with Crippen molar-refractivity contribution < 1.29 is 4.79 Å². The van der Waals surface area contributed by atoms with E-state index in [0.717, 1.165) is 23.8 Å². The van der Waals surface area contributed by atoms with Crippen molar-refractivity contribution in [1.82, 2.24) is 20.1 Å². The number of carbonyl (C=O) groups excluding carboxylic acids is 1. The molecule has 1 aromatic carbocycles. The van der Waals surface area contributed by atoms with E-state index in [0.29, 0.717) is 11.7 Å². The Labute approximate surface area is 161 Å². The molecule has 0 saturated heterocycles. The highest BCUT2D eigenvalue weighted by Gasteiger charge is 2.12. The number of unbranched alkanes of at least 4 members (excludes halogenated alkanes) is 1. The molecule has 1 N–H and O–H groups in total. The van der Waals surface area contributed by atoms with Gasteiger partial charge in [0.2, 0.25) is 5.91 Å². The summed E-state index contributed by atoms with van der Waals surface area (Å²) in [5, 5.41) is 12.0. The summed E-state index contributed by atoms with van der Waals surface area (Å²) in [6, 6.07) is 6.25. The highest BCUT2D eigenvalue weighted by atomic mass is 32.2. The standard InChI is InChI=1S/C20H30N4OS/c1-5-7-8-17(6-2)12-21-19(25)13-26-20-23-22-14-24(20)18-10-9-15(3)16(4)11-18/h9-11,14,17H,5-8,12-13H2,1-4H3,(H,21,25). The van der Waals surface area contributed by atoms with Crippen LogP contribution in [-0.4, -0.2) is 33.0 Å². The number of amides is 1. The number of thioether (sulfide) groups is 1. The number of rotatable bonds is 10. The van der Waals surface area contributed by atoms with Crippen molar-refractivity contribution in [3.63, 3.8) is 0 Å². The van der Waals surface area contributed by atoms with Gasteiger partial charge in [-0.25, -0.2) is 0 Å². The van der Waals surface area contributed by atoms with Crippen LogP contribution in [0.25, 0.3) is 5.69 Å². The van der Waals surface area contributed by atoms with E-state index in [4.69, 9.17) is 0 Å². The van der Waals surface area contributed by atoms with E-state index in [1.165, 1.54) is 42.2 Å². The Bertz CT molecular complexity index is 714. The summed E-state index contributed by atoms with van der Waals surface area (Å²) < 4.78 is 1.93. The zero-order valence-electron chi connectivity index (χ0n) is 16.3. The minimum absolute atomic E-state index is 0.0552. The summed E-state index contributed by atoms with van der Waals surface area (Å²) in [4.78, 5) is 12.2. The number of nitrogens with zero attached hydrogens (tertiary/aromatic N) is 3. The van der Waals surface area contributed by atoms with Gasteiger partial charge in [-0.1, -0.05) is 50.9 Å². The van der Waals surface area contributed by atoms with Crippen LogP contribution in [0, 0.1) is 19.8 Å². The summed E-state index contributed by atoms with van der Waals surface area (Å²) >= 11 is 1.42. The molecule has 5 nitrogen and oxygen atoms in total. The molecule has 1 heterocycles. The molecule has 0 spiro atoms. The van der Waals surface area contributed by atoms with E-state index < -0.39 is 0 Å². The molecule has 1 unspecified atom stereocenters. The van der Waals surface area contributed by atoms with E-state index >= 15 is 0 Å².